The Kier molecular flexibility index (Phi) is 6.99. The van der Waals surface area contributed by atoms with Gasteiger partial charge in [-0.1, -0.05) is 31.4 Å². The molecule has 1 heterocycles. The fourth-order valence-corrected chi connectivity index (χ4v) is 2.95. The summed E-state index contributed by atoms with van der Waals surface area (Å²) in [6, 6.07) is 9.49. The summed E-state index contributed by atoms with van der Waals surface area (Å²) < 4.78 is 6.52. The zero-order valence-corrected chi connectivity index (χ0v) is 15.6. The highest BCUT2D eigenvalue weighted by atomic mass is 35.5. The van der Waals surface area contributed by atoms with E-state index in [0.717, 1.165) is 12.8 Å². The van der Waals surface area contributed by atoms with E-state index in [1.165, 1.54) is 10.6 Å². The lowest BCUT2D eigenvalue weighted by molar-refractivity contribution is -0.147. The molecule has 0 saturated carbocycles. The molecule has 0 N–H and O–H groups in total. The fraction of sp³-hybridized carbons (Fsp3) is 0.350. The third-order valence-corrected chi connectivity index (χ3v) is 4.32. The summed E-state index contributed by atoms with van der Waals surface area (Å²) in [5.41, 5.74) is 1.29. The summed E-state index contributed by atoms with van der Waals surface area (Å²) in [5.74, 6) is -0.406. The van der Waals surface area contributed by atoms with E-state index in [1.807, 2.05) is 6.92 Å². The summed E-state index contributed by atoms with van der Waals surface area (Å²) in [6.45, 7) is 4.03. The van der Waals surface area contributed by atoms with E-state index in [0.29, 0.717) is 28.1 Å². The van der Waals surface area contributed by atoms with Crippen LogP contribution in [0.15, 0.2) is 41.3 Å². The number of nitriles is 1. The first-order valence-electron chi connectivity index (χ1n) is 8.60. The normalized spacial score (nSPS) is 11.6. The van der Waals surface area contributed by atoms with Gasteiger partial charge in [0.2, 0.25) is 0 Å². The molecule has 5 nitrogen and oxygen atoms in total. The second-order valence-corrected chi connectivity index (χ2v) is 6.31. The molecule has 0 aliphatic heterocycles. The van der Waals surface area contributed by atoms with E-state index in [4.69, 9.17) is 16.3 Å². The lowest BCUT2D eigenvalue weighted by Gasteiger charge is -2.18. The average molecular weight is 373 g/mol. The Morgan fingerprint density at radius 1 is 1.31 bits per heavy atom. The van der Waals surface area contributed by atoms with Crippen molar-refractivity contribution in [3.63, 3.8) is 0 Å². The van der Waals surface area contributed by atoms with Crippen LogP contribution in [0.2, 0.25) is 5.02 Å². The SMILES string of the molecule is CCCC[C@H](C(=O)OCC)n1ccc(-c2cc(Cl)ccc2C#N)cc1=O. The van der Waals surface area contributed by atoms with Gasteiger partial charge in [-0.3, -0.25) is 4.79 Å². The van der Waals surface area contributed by atoms with E-state index in [-0.39, 0.29) is 12.2 Å². The van der Waals surface area contributed by atoms with Crippen molar-refractivity contribution in [3.8, 4) is 17.2 Å². The van der Waals surface area contributed by atoms with Crippen molar-refractivity contribution < 1.29 is 9.53 Å². The first-order chi connectivity index (χ1) is 12.5. The van der Waals surface area contributed by atoms with Crippen molar-refractivity contribution in [2.24, 2.45) is 0 Å². The molecule has 136 valence electrons. The molecule has 0 aliphatic rings. The van der Waals surface area contributed by atoms with Crippen molar-refractivity contribution in [2.45, 2.75) is 39.2 Å². The zero-order chi connectivity index (χ0) is 19.1. The number of benzene rings is 1. The molecule has 0 amide bonds. The summed E-state index contributed by atoms with van der Waals surface area (Å²) in [6.07, 6.45) is 3.84. The molecule has 0 fully saturated rings. The van der Waals surface area contributed by atoms with Crippen molar-refractivity contribution >= 4 is 17.6 Å². The fourth-order valence-electron chi connectivity index (χ4n) is 2.77. The van der Waals surface area contributed by atoms with Crippen LogP contribution in [0.25, 0.3) is 11.1 Å². The Balaban J connectivity index is 2.45. The lowest BCUT2D eigenvalue weighted by atomic mass is 10.0. The van der Waals surface area contributed by atoms with Crippen LogP contribution in [-0.4, -0.2) is 17.1 Å². The zero-order valence-electron chi connectivity index (χ0n) is 14.9. The molecule has 0 saturated heterocycles. The first-order valence-corrected chi connectivity index (χ1v) is 8.98. The Hall–Kier alpha value is -2.58. The minimum absolute atomic E-state index is 0.266. The Morgan fingerprint density at radius 3 is 2.69 bits per heavy atom. The molecule has 26 heavy (non-hydrogen) atoms. The van der Waals surface area contributed by atoms with Crippen LogP contribution >= 0.6 is 11.6 Å². The molecular formula is C20H21ClN2O3. The Morgan fingerprint density at radius 2 is 2.08 bits per heavy atom. The number of aromatic nitrogens is 1. The van der Waals surface area contributed by atoms with E-state index in [9.17, 15) is 14.9 Å². The molecule has 1 aromatic heterocycles. The first kappa shape index (κ1) is 19.7. The maximum Gasteiger partial charge on any atom is 0.329 e. The highest BCUT2D eigenvalue weighted by molar-refractivity contribution is 6.30. The predicted molar refractivity (Wildman–Crippen MR) is 101 cm³/mol. The van der Waals surface area contributed by atoms with E-state index in [1.54, 1.807) is 37.4 Å². The molecule has 2 aromatic rings. The maximum atomic E-state index is 12.7. The Bertz CT molecular complexity index is 883. The van der Waals surface area contributed by atoms with Gasteiger partial charge in [-0.05, 0) is 43.2 Å². The van der Waals surface area contributed by atoms with Crippen LogP contribution in [0.3, 0.4) is 0 Å². The van der Waals surface area contributed by atoms with Gasteiger partial charge in [-0.2, -0.15) is 5.26 Å². The molecule has 6 heteroatoms. The minimum atomic E-state index is -0.647. The molecule has 0 bridgehead atoms. The predicted octanol–water partition coefficient (Wildman–Crippen LogP) is 4.33. The molecule has 0 unspecified atom stereocenters. The van der Waals surface area contributed by atoms with Crippen LogP contribution in [0.1, 0.15) is 44.7 Å². The van der Waals surface area contributed by atoms with Gasteiger partial charge < -0.3 is 9.30 Å². The molecule has 0 radical (unpaired) electrons. The number of hydrogen-bond acceptors (Lipinski definition) is 4. The van der Waals surface area contributed by atoms with Gasteiger partial charge >= 0.3 is 5.97 Å². The Labute approximate surface area is 157 Å². The number of carbonyl (C=O) groups is 1. The van der Waals surface area contributed by atoms with Crippen molar-refractivity contribution in [1.29, 1.82) is 5.26 Å². The molecule has 1 aromatic carbocycles. The van der Waals surface area contributed by atoms with Gasteiger partial charge in [-0.25, -0.2) is 4.79 Å². The topological polar surface area (TPSA) is 72.1 Å². The van der Waals surface area contributed by atoms with Gasteiger partial charge in [-0.15, -0.1) is 0 Å². The number of hydrogen-bond donors (Lipinski definition) is 0. The van der Waals surface area contributed by atoms with Gasteiger partial charge in [0.05, 0.1) is 18.2 Å². The number of carbonyl (C=O) groups excluding carboxylic acids is 1. The highest BCUT2D eigenvalue weighted by Gasteiger charge is 2.22. The number of ether oxygens (including phenoxy) is 1. The molecule has 1 atom stereocenters. The summed E-state index contributed by atoms with van der Waals surface area (Å²) in [7, 11) is 0. The van der Waals surface area contributed by atoms with E-state index in [2.05, 4.69) is 6.07 Å². The molecule has 0 spiro atoms. The van der Waals surface area contributed by atoms with Gasteiger partial charge in [0.15, 0.2) is 0 Å². The van der Waals surface area contributed by atoms with Crippen molar-refractivity contribution in [2.75, 3.05) is 6.61 Å². The van der Waals surface area contributed by atoms with Crippen LogP contribution in [-0.2, 0) is 9.53 Å². The molecule has 2 rings (SSSR count). The number of halogens is 1. The maximum absolute atomic E-state index is 12.7. The monoisotopic (exact) mass is 372 g/mol. The molecule has 0 aliphatic carbocycles. The summed E-state index contributed by atoms with van der Waals surface area (Å²) in [5, 5.41) is 9.76. The average Bonchev–Trinajstić information content (AvgIpc) is 2.63. The minimum Gasteiger partial charge on any atom is -0.464 e. The van der Waals surface area contributed by atoms with Crippen LogP contribution in [0.5, 0.6) is 0 Å². The summed E-state index contributed by atoms with van der Waals surface area (Å²) >= 11 is 6.02. The van der Waals surface area contributed by atoms with Crippen molar-refractivity contribution in [1.82, 2.24) is 4.57 Å². The van der Waals surface area contributed by atoms with Gasteiger partial charge in [0.25, 0.3) is 5.56 Å². The van der Waals surface area contributed by atoms with Crippen LogP contribution in [0.4, 0.5) is 0 Å². The third kappa shape index (κ3) is 4.53. The number of unbranched alkanes of at least 4 members (excludes halogenated alkanes) is 1. The second kappa shape index (κ2) is 9.21. The van der Waals surface area contributed by atoms with Crippen molar-refractivity contribution in [3.05, 3.63) is 57.5 Å². The van der Waals surface area contributed by atoms with E-state index >= 15 is 0 Å². The summed E-state index contributed by atoms with van der Waals surface area (Å²) in [4.78, 5) is 24.9. The largest absolute Gasteiger partial charge is 0.464 e. The smallest absolute Gasteiger partial charge is 0.329 e. The second-order valence-electron chi connectivity index (χ2n) is 5.87. The highest BCUT2D eigenvalue weighted by Crippen LogP contribution is 2.26. The quantitative estimate of drug-likeness (QED) is 0.678. The lowest BCUT2D eigenvalue weighted by Crippen LogP contribution is -2.30. The molecular weight excluding hydrogens is 352 g/mol. The van der Waals surface area contributed by atoms with Gasteiger partial charge in [0.1, 0.15) is 6.04 Å². The number of nitrogens with zero attached hydrogens (tertiary/aromatic N) is 2. The number of pyridine rings is 1. The third-order valence-electron chi connectivity index (χ3n) is 4.09. The van der Waals surface area contributed by atoms with E-state index < -0.39 is 12.0 Å². The van der Waals surface area contributed by atoms with Crippen LogP contribution < -0.4 is 5.56 Å². The number of rotatable bonds is 7. The van der Waals surface area contributed by atoms with Gasteiger partial charge in [0, 0.05) is 22.8 Å². The number of esters is 1. The standard InChI is InChI=1S/C20H21ClN2O3/c1-3-5-6-18(20(25)26-4-2)23-10-9-14(11-19(23)24)17-12-16(21)8-7-15(17)13-22/h7-12,18H,3-6H2,1-2H3/t18-/m1/s1. The van der Waals surface area contributed by atoms with Crippen LogP contribution in [0, 0.1) is 11.3 Å².